The predicted molar refractivity (Wildman–Crippen MR) is 80.2 cm³/mol. The fraction of sp³-hybridized carbons (Fsp3) is 0.600. The molecule has 0 amide bonds. The average molecular weight is 301 g/mol. The molecule has 114 valence electrons. The molecule has 0 unspecified atom stereocenters. The Bertz CT molecular complexity index is 501. The molecule has 0 aliphatic heterocycles. The van der Waals surface area contributed by atoms with E-state index in [4.69, 9.17) is 0 Å². The van der Waals surface area contributed by atoms with Gasteiger partial charge in [0.15, 0.2) is 0 Å². The van der Waals surface area contributed by atoms with Gasteiger partial charge < -0.3 is 0 Å². The Morgan fingerprint density at radius 1 is 1.05 bits per heavy atom. The van der Waals surface area contributed by atoms with Crippen molar-refractivity contribution in [3.63, 3.8) is 0 Å². The Balaban J connectivity index is 2.63. The standard InChI is InChI=1S/C15H24FNO2S/c1-11(2)15(12(3)4)9-17-20(18,19)10-13-5-7-14(16)8-6-13/h5-8,11-12,15,17H,9-10H2,1-4H3. The second-order valence-electron chi connectivity index (χ2n) is 5.89. The Labute approximate surface area is 121 Å². The number of sulfonamides is 1. The average Bonchev–Trinajstić information content (AvgIpc) is 2.31. The molecule has 0 aliphatic carbocycles. The number of halogens is 1. The zero-order valence-electron chi connectivity index (χ0n) is 12.6. The zero-order chi connectivity index (χ0) is 15.3. The molecule has 0 saturated carbocycles. The Hall–Kier alpha value is -0.940. The summed E-state index contributed by atoms with van der Waals surface area (Å²) < 4.78 is 39.5. The van der Waals surface area contributed by atoms with Crippen LogP contribution in [-0.2, 0) is 15.8 Å². The van der Waals surface area contributed by atoms with E-state index in [2.05, 4.69) is 32.4 Å². The number of hydrogen-bond acceptors (Lipinski definition) is 2. The van der Waals surface area contributed by atoms with Crippen molar-refractivity contribution < 1.29 is 12.8 Å². The minimum atomic E-state index is -3.38. The topological polar surface area (TPSA) is 46.2 Å². The molecule has 0 fully saturated rings. The molecule has 0 saturated heterocycles. The van der Waals surface area contributed by atoms with Crippen molar-refractivity contribution in [3.8, 4) is 0 Å². The van der Waals surface area contributed by atoms with Crippen molar-refractivity contribution in [1.29, 1.82) is 0 Å². The molecule has 0 radical (unpaired) electrons. The van der Waals surface area contributed by atoms with E-state index in [0.717, 1.165) is 0 Å². The molecule has 0 spiro atoms. The van der Waals surface area contributed by atoms with Crippen LogP contribution in [0.25, 0.3) is 0 Å². The smallest absolute Gasteiger partial charge is 0.215 e. The van der Waals surface area contributed by atoms with Crippen LogP contribution in [0, 0.1) is 23.6 Å². The van der Waals surface area contributed by atoms with Gasteiger partial charge in [-0.25, -0.2) is 17.5 Å². The fourth-order valence-corrected chi connectivity index (χ4v) is 3.50. The summed E-state index contributed by atoms with van der Waals surface area (Å²) in [4.78, 5) is 0. The summed E-state index contributed by atoms with van der Waals surface area (Å²) in [5, 5.41) is 0. The molecule has 0 aliphatic rings. The van der Waals surface area contributed by atoms with Crippen LogP contribution in [0.3, 0.4) is 0 Å². The number of nitrogens with one attached hydrogen (secondary N) is 1. The monoisotopic (exact) mass is 301 g/mol. The van der Waals surface area contributed by atoms with E-state index in [1.165, 1.54) is 24.3 Å². The van der Waals surface area contributed by atoms with Gasteiger partial charge >= 0.3 is 0 Å². The van der Waals surface area contributed by atoms with Gasteiger partial charge in [0.1, 0.15) is 5.82 Å². The lowest BCUT2D eigenvalue weighted by molar-refractivity contribution is 0.289. The highest BCUT2D eigenvalue weighted by Gasteiger charge is 2.20. The maximum absolute atomic E-state index is 12.8. The molecule has 1 aromatic rings. The molecular weight excluding hydrogens is 277 g/mol. The fourth-order valence-electron chi connectivity index (χ4n) is 2.32. The minimum Gasteiger partial charge on any atom is -0.215 e. The first-order valence-corrected chi connectivity index (χ1v) is 8.58. The quantitative estimate of drug-likeness (QED) is 0.841. The maximum Gasteiger partial charge on any atom is 0.215 e. The highest BCUT2D eigenvalue weighted by Crippen LogP contribution is 2.20. The Kier molecular flexibility index (Phi) is 6.14. The summed E-state index contributed by atoms with van der Waals surface area (Å²) in [5.41, 5.74) is 0.588. The summed E-state index contributed by atoms with van der Waals surface area (Å²) >= 11 is 0. The molecule has 1 aromatic carbocycles. The third-order valence-corrected chi connectivity index (χ3v) is 4.84. The Morgan fingerprint density at radius 2 is 1.55 bits per heavy atom. The van der Waals surface area contributed by atoms with E-state index in [1.807, 2.05) is 0 Å². The molecule has 0 atom stereocenters. The van der Waals surface area contributed by atoms with E-state index < -0.39 is 10.0 Å². The molecule has 20 heavy (non-hydrogen) atoms. The van der Waals surface area contributed by atoms with Gasteiger partial charge in [0.25, 0.3) is 0 Å². The normalized spacial score (nSPS) is 12.6. The molecule has 1 rings (SSSR count). The van der Waals surface area contributed by atoms with E-state index >= 15 is 0 Å². The van der Waals surface area contributed by atoms with Crippen LogP contribution in [0.1, 0.15) is 33.3 Å². The first kappa shape index (κ1) is 17.1. The van der Waals surface area contributed by atoms with Crippen LogP contribution in [0.5, 0.6) is 0 Å². The van der Waals surface area contributed by atoms with E-state index in [0.29, 0.717) is 29.9 Å². The second-order valence-corrected chi connectivity index (χ2v) is 7.69. The lowest BCUT2D eigenvalue weighted by Gasteiger charge is -2.25. The third-order valence-electron chi connectivity index (χ3n) is 3.52. The molecule has 5 heteroatoms. The number of benzene rings is 1. The zero-order valence-corrected chi connectivity index (χ0v) is 13.4. The van der Waals surface area contributed by atoms with Crippen LogP contribution >= 0.6 is 0 Å². The van der Waals surface area contributed by atoms with Gasteiger partial charge in [-0.2, -0.15) is 0 Å². The van der Waals surface area contributed by atoms with Gasteiger partial charge in [-0.15, -0.1) is 0 Å². The number of hydrogen-bond donors (Lipinski definition) is 1. The highest BCUT2D eigenvalue weighted by atomic mass is 32.2. The van der Waals surface area contributed by atoms with Crippen LogP contribution in [0.15, 0.2) is 24.3 Å². The van der Waals surface area contributed by atoms with Crippen molar-refractivity contribution in [2.45, 2.75) is 33.4 Å². The van der Waals surface area contributed by atoms with Gasteiger partial charge in [-0.3, -0.25) is 0 Å². The molecule has 1 N–H and O–H groups in total. The van der Waals surface area contributed by atoms with Gasteiger partial charge in [0, 0.05) is 6.54 Å². The maximum atomic E-state index is 12.8. The van der Waals surface area contributed by atoms with Gasteiger partial charge in [0.05, 0.1) is 5.75 Å². The molecule has 0 aromatic heterocycles. The van der Waals surface area contributed by atoms with Crippen molar-refractivity contribution in [3.05, 3.63) is 35.6 Å². The highest BCUT2D eigenvalue weighted by molar-refractivity contribution is 7.88. The van der Waals surface area contributed by atoms with Crippen LogP contribution in [-0.4, -0.2) is 15.0 Å². The predicted octanol–water partition coefficient (Wildman–Crippen LogP) is 3.17. The second kappa shape index (κ2) is 7.18. The van der Waals surface area contributed by atoms with Crippen LogP contribution < -0.4 is 4.72 Å². The first-order valence-electron chi connectivity index (χ1n) is 6.93. The summed E-state index contributed by atoms with van der Waals surface area (Å²) in [6.07, 6.45) is 0. The van der Waals surface area contributed by atoms with E-state index in [1.54, 1.807) is 0 Å². The third kappa shape index (κ3) is 5.59. The summed E-state index contributed by atoms with van der Waals surface area (Å²) in [5.74, 6) is 0.666. The number of rotatable bonds is 7. The van der Waals surface area contributed by atoms with Crippen LogP contribution in [0.4, 0.5) is 4.39 Å². The van der Waals surface area contributed by atoms with Crippen molar-refractivity contribution >= 4 is 10.0 Å². The van der Waals surface area contributed by atoms with E-state index in [9.17, 15) is 12.8 Å². The summed E-state index contributed by atoms with van der Waals surface area (Å²) in [7, 11) is -3.38. The lowest BCUT2D eigenvalue weighted by atomic mass is 9.86. The summed E-state index contributed by atoms with van der Waals surface area (Å²) in [6, 6.07) is 5.54. The summed E-state index contributed by atoms with van der Waals surface area (Å²) in [6.45, 7) is 8.83. The largest absolute Gasteiger partial charge is 0.215 e. The van der Waals surface area contributed by atoms with Crippen LogP contribution in [0.2, 0.25) is 0 Å². The van der Waals surface area contributed by atoms with Gasteiger partial charge in [-0.1, -0.05) is 39.8 Å². The lowest BCUT2D eigenvalue weighted by Crippen LogP contribution is -2.34. The van der Waals surface area contributed by atoms with E-state index in [-0.39, 0.29) is 11.6 Å². The minimum absolute atomic E-state index is 0.115. The molecule has 3 nitrogen and oxygen atoms in total. The van der Waals surface area contributed by atoms with Crippen molar-refractivity contribution in [2.75, 3.05) is 6.54 Å². The molecule has 0 bridgehead atoms. The van der Waals surface area contributed by atoms with Gasteiger partial charge in [-0.05, 0) is 35.4 Å². The van der Waals surface area contributed by atoms with Gasteiger partial charge in [0.2, 0.25) is 10.0 Å². The Morgan fingerprint density at radius 3 is 2.00 bits per heavy atom. The molecule has 0 heterocycles. The van der Waals surface area contributed by atoms with Crippen molar-refractivity contribution in [2.24, 2.45) is 17.8 Å². The van der Waals surface area contributed by atoms with Crippen molar-refractivity contribution in [1.82, 2.24) is 4.72 Å². The first-order chi connectivity index (χ1) is 9.21. The molecular formula is C15H24FNO2S. The SMILES string of the molecule is CC(C)C(CNS(=O)(=O)Cc1ccc(F)cc1)C(C)C.